The van der Waals surface area contributed by atoms with Crippen LogP contribution in [0.25, 0.3) is 0 Å². The fourth-order valence-electron chi connectivity index (χ4n) is 2.10. The van der Waals surface area contributed by atoms with E-state index in [0.29, 0.717) is 22.7 Å². The minimum absolute atomic E-state index is 0.0940. The Morgan fingerprint density at radius 1 is 1.59 bits per heavy atom. The minimum atomic E-state index is -0.379. The second-order valence-corrected chi connectivity index (χ2v) is 4.89. The van der Waals surface area contributed by atoms with Gasteiger partial charge in [-0.1, -0.05) is 24.9 Å². The Balaban J connectivity index is 2.10. The van der Waals surface area contributed by atoms with Crippen LogP contribution in [0.5, 0.6) is 0 Å². The van der Waals surface area contributed by atoms with Crippen molar-refractivity contribution in [2.45, 2.75) is 32.2 Å². The summed E-state index contributed by atoms with van der Waals surface area (Å²) in [6, 6.07) is 4.98. The molecule has 0 aliphatic heterocycles. The fraction of sp³-hybridized carbons (Fsp3) is 0.500. The molecular formula is C12H15ClN2O2. The van der Waals surface area contributed by atoms with Gasteiger partial charge in [0.1, 0.15) is 5.69 Å². The lowest BCUT2D eigenvalue weighted by Gasteiger charge is -2.06. The molecule has 1 fully saturated rings. The maximum atomic E-state index is 10.9. The fourth-order valence-corrected chi connectivity index (χ4v) is 2.27. The van der Waals surface area contributed by atoms with Crippen LogP contribution in [-0.4, -0.2) is 11.0 Å². The van der Waals surface area contributed by atoms with Gasteiger partial charge in [-0.15, -0.1) is 0 Å². The normalized spacial score (nSPS) is 22.2. The molecular weight excluding hydrogens is 240 g/mol. The lowest BCUT2D eigenvalue weighted by atomic mass is 10.2. The molecule has 92 valence electrons. The molecule has 0 amide bonds. The van der Waals surface area contributed by atoms with Crippen LogP contribution in [0.1, 0.15) is 26.2 Å². The van der Waals surface area contributed by atoms with E-state index in [-0.39, 0.29) is 10.6 Å². The van der Waals surface area contributed by atoms with Crippen molar-refractivity contribution >= 4 is 23.0 Å². The van der Waals surface area contributed by atoms with Gasteiger partial charge in [0.15, 0.2) is 0 Å². The molecule has 1 aliphatic carbocycles. The summed E-state index contributed by atoms with van der Waals surface area (Å²) in [5.41, 5.74) is 0.627. The Morgan fingerprint density at radius 3 is 3.00 bits per heavy atom. The van der Waals surface area contributed by atoms with Crippen LogP contribution in [0.15, 0.2) is 18.2 Å². The molecule has 0 spiro atoms. The van der Waals surface area contributed by atoms with E-state index < -0.39 is 0 Å². The van der Waals surface area contributed by atoms with Gasteiger partial charge < -0.3 is 5.32 Å². The van der Waals surface area contributed by atoms with Crippen LogP contribution < -0.4 is 5.32 Å². The van der Waals surface area contributed by atoms with E-state index in [1.54, 1.807) is 12.1 Å². The van der Waals surface area contributed by atoms with Crippen LogP contribution in [0.2, 0.25) is 5.02 Å². The number of nitrogens with zero attached hydrogens (tertiary/aromatic N) is 1. The van der Waals surface area contributed by atoms with Gasteiger partial charge in [-0.05, 0) is 30.9 Å². The van der Waals surface area contributed by atoms with Crippen LogP contribution in [0.4, 0.5) is 11.4 Å². The van der Waals surface area contributed by atoms with Crippen molar-refractivity contribution in [2.24, 2.45) is 5.92 Å². The Morgan fingerprint density at radius 2 is 2.35 bits per heavy atom. The van der Waals surface area contributed by atoms with Crippen molar-refractivity contribution in [1.29, 1.82) is 0 Å². The molecule has 2 atom stereocenters. The Kier molecular flexibility index (Phi) is 3.52. The van der Waals surface area contributed by atoms with E-state index in [1.807, 2.05) is 0 Å². The Labute approximate surface area is 105 Å². The molecule has 4 nitrogen and oxygen atoms in total. The van der Waals surface area contributed by atoms with Crippen LogP contribution in [0.3, 0.4) is 0 Å². The zero-order valence-electron chi connectivity index (χ0n) is 9.65. The Hall–Kier alpha value is -1.29. The highest BCUT2D eigenvalue weighted by molar-refractivity contribution is 6.31. The highest BCUT2D eigenvalue weighted by Crippen LogP contribution is 2.39. The van der Waals surface area contributed by atoms with E-state index in [9.17, 15) is 10.1 Å². The molecule has 1 N–H and O–H groups in total. The first-order valence-corrected chi connectivity index (χ1v) is 6.20. The summed E-state index contributed by atoms with van der Waals surface area (Å²) in [6.45, 7) is 2.15. The third-order valence-corrected chi connectivity index (χ3v) is 3.31. The summed E-state index contributed by atoms with van der Waals surface area (Å²) in [5, 5.41) is 14.6. The van der Waals surface area contributed by atoms with E-state index in [0.717, 1.165) is 12.8 Å². The molecule has 2 rings (SSSR count). The number of rotatable bonds is 5. The topological polar surface area (TPSA) is 55.2 Å². The van der Waals surface area contributed by atoms with Crippen LogP contribution in [0, 0.1) is 16.0 Å². The second kappa shape index (κ2) is 4.92. The summed E-state index contributed by atoms with van der Waals surface area (Å²) < 4.78 is 0. The number of benzene rings is 1. The van der Waals surface area contributed by atoms with Crippen molar-refractivity contribution in [3.63, 3.8) is 0 Å². The van der Waals surface area contributed by atoms with Gasteiger partial charge in [0, 0.05) is 17.1 Å². The summed E-state index contributed by atoms with van der Waals surface area (Å²) in [4.78, 5) is 10.5. The van der Waals surface area contributed by atoms with E-state index in [4.69, 9.17) is 11.6 Å². The van der Waals surface area contributed by atoms with Gasteiger partial charge in [0.2, 0.25) is 0 Å². The van der Waals surface area contributed by atoms with Crippen molar-refractivity contribution in [2.75, 3.05) is 5.32 Å². The zero-order chi connectivity index (χ0) is 12.4. The van der Waals surface area contributed by atoms with Crippen molar-refractivity contribution in [1.82, 2.24) is 0 Å². The number of hydrogen-bond donors (Lipinski definition) is 1. The van der Waals surface area contributed by atoms with Gasteiger partial charge >= 0.3 is 0 Å². The molecule has 1 aliphatic rings. The third-order valence-electron chi connectivity index (χ3n) is 3.08. The maximum Gasteiger partial charge on any atom is 0.292 e. The standard InChI is InChI=1S/C12H15ClN2O2/c1-2-3-8-6-10(8)14-11-7-9(13)4-5-12(11)15(16)17/h4-5,7-8,10,14H,2-3,6H2,1H3. The predicted octanol–water partition coefficient (Wildman–Crippen LogP) is 3.85. The average Bonchev–Trinajstić information content (AvgIpc) is 2.96. The molecule has 17 heavy (non-hydrogen) atoms. The molecule has 0 bridgehead atoms. The molecule has 1 aromatic rings. The van der Waals surface area contributed by atoms with E-state index >= 15 is 0 Å². The van der Waals surface area contributed by atoms with Crippen molar-refractivity contribution in [3.05, 3.63) is 33.3 Å². The number of nitro groups is 1. The Bertz CT molecular complexity index is 437. The lowest BCUT2D eigenvalue weighted by Crippen LogP contribution is -2.06. The van der Waals surface area contributed by atoms with Gasteiger partial charge in [0.25, 0.3) is 5.69 Å². The van der Waals surface area contributed by atoms with Gasteiger partial charge in [0.05, 0.1) is 4.92 Å². The van der Waals surface area contributed by atoms with E-state index in [1.165, 1.54) is 12.5 Å². The third kappa shape index (κ3) is 2.88. The van der Waals surface area contributed by atoms with Crippen LogP contribution >= 0.6 is 11.6 Å². The quantitative estimate of drug-likeness (QED) is 0.641. The summed E-state index contributed by atoms with van der Waals surface area (Å²) in [7, 11) is 0. The first-order chi connectivity index (χ1) is 8.11. The lowest BCUT2D eigenvalue weighted by molar-refractivity contribution is -0.384. The minimum Gasteiger partial charge on any atom is -0.376 e. The number of halogens is 1. The van der Waals surface area contributed by atoms with Gasteiger partial charge in [-0.3, -0.25) is 10.1 Å². The zero-order valence-corrected chi connectivity index (χ0v) is 10.4. The number of hydrogen-bond acceptors (Lipinski definition) is 3. The summed E-state index contributed by atoms with van der Waals surface area (Å²) in [6.07, 6.45) is 3.42. The second-order valence-electron chi connectivity index (χ2n) is 4.45. The summed E-state index contributed by atoms with van der Waals surface area (Å²) in [5.74, 6) is 0.651. The largest absolute Gasteiger partial charge is 0.376 e. The maximum absolute atomic E-state index is 10.9. The van der Waals surface area contributed by atoms with Crippen LogP contribution in [-0.2, 0) is 0 Å². The number of nitro benzene ring substituents is 1. The molecule has 0 heterocycles. The number of nitrogens with one attached hydrogen (secondary N) is 1. The smallest absolute Gasteiger partial charge is 0.292 e. The molecule has 0 aromatic heterocycles. The van der Waals surface area contributed by atoms with Gasteiger partial charge in [-0.25, -0.2) is 0 Å². The first kappa shape index (κ1) is 12.2. The predicted molar refractivity (Wildman–Crippen MR) is 68.5 cm³/mol. The van der Waals surface area contributed by atoms with Gasteiger partial charge in [-0.2, -0.15) is 0 Å². The van der Waals surface area contributed by atoms with Crippen molar-refractivity contribution < 1.29 is 4.92 Å². The monoisotopic (exact) mass is 254 g/mol. The summed E-state index contributed by atoms with van der Waals surface area (Å²) >= 11 is 5.86. The highest BCUT2D eigenvalue weighted by Gasteiger charge is 2.37. The molecule has 0 saturated heterocycles. The average molecular weight is 255 g/mol. The van der Waals surface area contributed by atoms with E-state index in [2.05, 4.69) is 12.2 Å². The SMILES string of the molecule is CCCC1CC1Nc1cc(Cl)ccc1[N+](=O)[O-]. The first-order valence-electron chi connectivity index (χ1n) is 5.82. The molecule has 5 heteroatoms. The molecule has 2 unspecified atom stereocenters. The molecule has 1 saturated carbocycles. The molecule has 1 aromatic carbocycles. The highest BCUT2D eigenvalue weighted by atomic mass is 35.5. The van der Waals surface area contributed by atoms with Crippen molar-refractivity contribution in [3.8, 4) is 0 Å². The molecule has 0 radical (unpaired) electrons. The number of anilines is 1.